The second-order valence-corrected chi connectivity index (χ2v) is 7.37. The van der Waals surface area contributed by atoms with Gasteiger partial charge in [-0.3, -0.25) is 0 Å². The standard InChI is InChI=1S/C22H26N2O4/c1-27-19-8-9-20(28-2)21-17(19)12-24(13-18(21)25)22(26)23-11-14-6-7-15-4-3-5-16(15)10-14/h6-10,18,25H,3-5,11-13H2,1-2H3,(H,23,26)/t18-/m1/s1. The summed E-state index contributed by atoms with van der Waals surface area (Å²) in [5.74, 6) is 1.26. The third-order valence-corrected chi connectivity index (χ3v) is 5.68. The maximum atomic E-state index is 12.7. The van der Waals surface area contributed by atoms with Crippen LogP contribution in [0.2, 0.25) is 0 Å². The smallest absolute Gasteiger partial charge is 0.318 e. The predicted octanol–water partition coefficient (Wildman–Crippen LogP) is 2.95. The van der Waals surface area contributed by atoms with Crippen molar-refractivity contribution in [3.05, 3.63) is 58.1 Å². The SMILES string of the molecule is COc1ccc(OC)c2c1CN(C(=O)NCc1ccc3c(c1)CCC3)C[C@H]2O. The lowest BCUT2D eigenvalue weighted by Crippen LogP contribution is -2.44. The number of fused-ring (bicyclic) bond motifs is 2. The fourth-order valence-electron chi connectivity index (χ4n) is 4.26. The topological polar surface area (TPSA) is 71.0 Å². The van der Waals surface area contributed by atoms with E-state index < -0.39 is 6.10 Å². The van der Waals surface area contributed by atoms with Gasteiger partial charge in [-0.2, -0.15) is 0 Å². The lowest BCUT2D eigenvalue weighted by molar-refractivity contribution is 0.100. The summed E-state index contributed by atoms with van der Waals surface area (Å²) in [4.78, 5) is 14.4. The number of β-amino-alcohol motifs (C(OH)–C–C–N with tert-alkyl or cyclic N) is 1. The summed E-state index contributed by atoms with van der Waals surface area (Å²) in [5.41, 5.74) is 5.40. The minimum Gasteiger partial charge on any atom is -0.496 e. The van der Waals surface area contributed by atoms with E-state index in [-0.39, 0.29) is 12.6 Å². The molecule has 0 saturated carbocycles. The Morgan fingerprint density at radius 2 is 1.89 bits per heavy atom. The summed E-state index contributed by atoms with van der Waals surface area (Å²) in [6.07, 6.45) is 2.66. The van der Waals surface area contributed by atoms with Crippen molar-refractivity contribution in [2.45, 2.75) is 38.5 Å². The number of ether oxygens (including phenoxy) is 2. The maximum Gasteiger partial charge on any atom is 0.318 e. The highest BCUT2D eigenvalue weighted by Crippen LogP contribution is 2.39. The molecule has 6 heteroatoms. The molecule has 1 heterocycles. The molecule has 0 fully saturated rings. The number of urea groups is 1. The van der Waals surface area contributed by atoms with Gasteiger partial charge in [-0.15, -0.1) is 0 Å². The summed E-state index contributed by atoms with van der Waals surface area (Å²) in [5, 5.41) is 13.6. The molecular formula is C22H26N2O4. The molecular weight excluding hydrogens is 356 g/mol. The first-order chi connectivity index (χ1) is 13.6. The van der Waals surface area contributed by atoms with Crippen LogP contribution in [0.15, 0.2) is 30.3 Å². The van der Waals surface area contributed by atoms with Crippen molar-refractivity contribution in [1.29, 1.82) is 0 Å². The molecule has 0 aromatic heterocycles. The zero-order valence-electron chi connectivity index (χ0n) is 16.3. The van der Waals surface area contributed by atoms with Gasteiger partial charge in [0, 0.05) is 17.7 Å². The van der Waals surface area contributed by atoms with Gasteiger partial charge >= 0.3 is 6.03 Å². The second kappa shape index (κ2) is 7.72. The molecule has 0 saturated heterocycles. The van der Waals surface area contributed by atoms with Crippen LogP contribution in [0.4, 0.5) is 4.79 Å². The Morgan fingerprint density at radius 3 is 2.68 bits per heavy atom. The van der Waals surface area contributed by atoms with Crippen LogP contribution in [0.5, 0.6) is 11.5 Å². The van der Waals surface area contributed by atoms with E-state index >= 15 is 0 Å². The van der Waals surface area contributed by atoms with Crippen LogP contribution in [0.1, 0.15) is 40.3 Å². The summed E-state index contributed by atoms with van der Waals surface area (Å²) in [6.45, 7) is 1.05. The maximum absolute atomic E-state index is 12.7. The van der Waals surface area contributed by atoms with Gasteiger partial charge in [0.05, 0.1) is 27.3 Å². The number of rotatable bonds is 4. The fraction of sp³-hybridized carbons (Fsp3) is 0.409. The Balaban J connectivity index is 1.47. The van der Waals surface area contributed by atoms with Gasteiger partial charge < -0.3 is 24.8 Å². The Labute approximate surface area is 165 Å². The first kappa shape index (κ1) is 18.6. The van der Waals surface area contributed by atoms with E-state index in [9.17, 15) is 9.90 Å². The number of benzene rings is 2. The van der Waals surface area contributed by atoms with Crippen molar-refractivity contribution in [3.63, 3.8) is 0 Å². The van der Waals surface area contributed by atoms with Gasteiger partial charge in [0.2, 0.25) is 0 Å². The van der Waals surface area contributed by atoms with E-state index in [0.717, 1.165) is 24.0 Å². The third kappa shape index (κ3) is 3.40. The van der Waals surface area contributed by atoms with Crippen molar-refractivity contribution < 1.29 is 19.4 Å². The molecule has 6 nitrogen and oxygen atoms in total. The van der Waals surface area contributed by atoms with Crippen molar-refractivity contribution in [2.75, 3.05) is 20.8 Å². The largest absolute Gasteiger partial charge is 0.496 e. The van der Waals surface area contributed by atoms with Crippen molar-refractivity contribution >= 4 is 6.03 Å². The molecule has 28 heavy (non-hydrogen) atoms. The zero-order chi connectivity index (χ0) is 19.7. The molecule has 0 bridgehead atoms. The molecule has 0 spiro atoms. The Hall–Kier alpha value is -2.73. The molecule has 2 aliphatic rings. The van der Waals surface area contributed by atoms with Gasteiger partial charge in [0.15, 0.2) is 0 Å². The number of aliphatic hydroxyl groups is 1. The molecule has 0 unspecified atom stereocenters. The van der Waals surface area contributed by atoms with Gasteiger partial charge in [-0.05, 0) is 48.1 Å². The molecule has 1 aliphatic carbocycles. The number of aliphatic hydroxyl groups excluding tert-OH is 1. The first-order valence-electron chi connectivity index (χ1n) is 9.66. The Bertz CT molecular complexity index is 896. The van der Waals surface area contributed by atoms with Crippen LogP contribution < -0.4 is 14.8 Å². The summed E-state index contributed by atoms with van der Waals surface area (Å²) in [6, 6.07) is 9.83. The number of hydrogen-bond donors (Lipinski definition) is 2. The quantitative estimate of drug-likeness (QED) is 0.853. The summed E-state index contributed by atoms with van der Waals surface area (Å²) in [7, 11) is 3.16. The van der Waals surface area contributed by atoms with Gasteiger partial charge in [-0.25, -0.2) is 4.79 Å². The van der Waals surface area contributed by atoms with Crippen LogP contribution in [-0.4, -0.2) is 36.8 Å². The number of aryl methyl sites for hydroxylation is 2. The molecule has 2 aromatic rings. The van der Waals surface area contributed by atoms with Crippen LogP contribution >= 0.6 is 0 Å². The normalized spacial score (nSPS) is 17.7. The highest BCUT2D eigenvalue weighted by Gasteiger charge is 2.31. The molecule has 148 valence electrons. The van der Waals surface area contributed by atoms with E-state index in [1.54, 1.807) is 31.3 Å². The van der Waals surface area contributed by atoms with E-state index in [1.807, 2.05) is 0 Å². The van der Waals surface area contributed by atoms with E-state index in [4.69, 9.17) is 9.47 Å². The number of hydrogen-bond acceptors (Lipinski definition) is 4. The van der Waals surface area contributed by atoms with E-state index in [2.05, 4.69) is 23.5 Å². The van der Waals surface area contributed by atoms with Crippen LogP contribution in [0.25, 0.3) is 0 Å². The van der Waals surface area contributed by atoms with Crippen LogP contribution in [0, 0.1) is 0 Å². The lowest BCUT2D eigenvalue weighted by atomic mass is 9.95. The molecule has 1 atom stereocenters. The Kier molecular flexibility index (Phi) is 5.13. The molecule has 2 amide bonds. The number of methoxy groups -OCH3 is 2. The highest BCUT2D eigenvalue weighted by molar-refractivity contribution is 5.75. The monoisotopic (exact) mass is 382 g/mol. The Morgan fingerprint density at radius 1 is 1.14 bits per heavy atom. The number of nitrogens with zero attached hydrogens (tertiary/aromatic N) is 1. The van der Waals surface area contributed by atoms with E-state index in [0.29, 0.717) is 30.2 Å². The van der Waals surface area contributed by atoms with Crippen molar-refractivity contribution in [3.8, 4) is 11.5 Å². The van der Waals surface area contributed by atoms with Gasteiger partial charge in [0.25, 0.3) is 0 Å². The molecule has 1 aliphatic heterocycles. The first-order valence-corrected chi connectivity index (χ1v) is 9.66. The van der Waals surface area contributed by atoms with E-state index in [1.165, 1.54) is 17.5 Å². The van der Waals surface area contributed by atoms with Gasteiger partial charge in [0.1, 0.15) is 17.6 Å². The fourth-order valence-corrected chi connectivity index (χ4v) is 4.26. The molecule has 2 aromatic carbocycles. The minimum atomic E-state index is -0.820. The minimum absolute atomic E-state index is 0.199. The van der Waals surface area contributed by atoms with Crippen LogP contribution in [-0.2, 0) is 25.9 Å². The summed E-state index contributed by atoms with van der Waals surface area (Å²) >= 11 is 0. The lowest BCUT2D eigenvalue weighted by Gasteiger charge is -2.34. The zero-order valence-corrected chi connectivity index (χ0v) is 16.3. The summed E-state index contributed by atoms with van der Waals surface area (Å²) < 4.78 is 10.8. The highest BCUT2D eigenvalue weighted by atomic mass is 16.5. The number of carbonyl (C=O) groups excluding carboxylic acids is 1. The number of nitrogens with one attached hydrogen (secondary N) is 1. The average Bonchev–Trinajstić information content (AvgIpc) is 3.18. The number of amides is 2. The second-order valence-electron chi connectivity index (χ2n) is 7.37. The van der Waals surface area contributed by atoms with Crippen LogP contribution in [0.3, 0.4) is 0 Å². The van der Waals surface area contributed by atoms with Gasteiger partial charge in [-0.1, -0.05) is 18.2 Å². The van der Waals surface area contributed by atoms with Crippen molar-refractivity contribution in [1.82, 2.24) is 10.2 Å². The third-order valence-electron chi connectivity index (χ3n) is 5.68. The molecule has 4 rings (SSSR count). The number of carbonyl (C=O) groups is 1. The average molecular weight is 382 g/mol. The predicted molar refractivity (Wildman–Crippen MR) is 106 cm³/mol. The molecule has 2 N–H and O–H groups in total. The van der Waals surface area contributed by atoms with Crippen molar-refractivity contribution in [2.24, 2.45) is 0 Å². The molecule has 0 radical (unpaired) electrons.